The Labute approximate surface area is 145 Å². The van der Waals surface area contributed by atoms with Crippen molar-refractivity contribution in [2.45, 2.75) is 48.5 Å². The van der Waals surface area contributed by atoms with Gasteiger partial charge >= 0.3 is 0 Å². The molecule has 0 nitrogen and oxygen atoms in total. The third-order valence-electron chi connectivity index (χ3n) is 2.77. The van der Waals surface area contributed by atoms with Gasteiger partial charge in [0.2, 0.25) is 0 Å². The summed E-state index contributed by atoms with van der Waals surface area (Å²) in [6.07, 6.45) is 5.54. The molecule has 0 fully saturated rings. The van der Waals surface area contributed by atoms with Crippen LogP contribution in [0.2, 0.25) is 0 Å². The topological polar surface area (TPSA) is 0 Å². The lowest BCUT2D eigenvalue weighted by atomic mass is 9.92. The van der Waals surface area contributed by atoms with Gasteiger partial charge in [0.05, 0.1) is 0 Å². The highest BCUT2D eigenvalue weighted by Gasteiger charge is 2.08. The Bertz CT molecular complexity index is 598. The summed E-state index contributed by atoms with van der Waals surface area (Å²) in [5.74, 6) is 0. The molecule has 0 aromatic heterocycles. The van der Waals surface area contributed by atoms with Crippen LogP contribution in [-0.4, -0.2) is 0 Å². The van der Waals surface area contributed by atoms with Crippen LogP contribution in [-0.2, 0) is 0 Å². The summed E-state index contributed by atoms with van der Waals surface area (Å²) in [5, 5.41) is 2.04. The highest BCUT2D eigenvalue weighted by atomic mass is 14.1. The summed E-state index contributed by atoms with van der Waals surface area (Å²) >= 11 is 0. The molecular formula is C23H36. The summed E-state index contributed by atoms with van der Waals surface area (Å²) in [6.45, 7) is 33.6. The van der Waals surface area contributed by atoms with E-state index < -0.39 is 0 Å². The van der Waals surface area contributed by atoms with Crippen LogP contribution in [0.5, 0.6) is 0 Å². The molecule has 0 bridgehead atoms. The molecule has 0 unspecified atom stereocenters. The largest absolute Gasteiger partial charge is 0.0985 e. The molecule has 0 saturated carbocycles. The standard InChI is InChI=1S/C17H18.3C2H6/c1-7-12(4)16-14(6)10-11-15(9-3)17(16)13(5)8-2;3*1-2/h7-11H,1-2,4-6H2,3H3;3*1-2H3/b15-9-;;;. The van der Waals surface area contributed by atoms with E-state index in [1.165, 1.54) is 0 Å². The molecule has 0 N–H and O–H groups in total. The second-order valence-corrected chi connectivity index (χ2v) is 3.81. The molecule has 0 heteroatoms. The Balaban J connectivity index is -0.000000595. The SMILES string of the molecule is C=CC(=C)c1c(C(=C)C=C)/c(=C\C)ccc1=C.CC.CC.CC. The lowest BCUT2D eigenvalue weighted by molar-refractivity contribution is 1.44. The number of benzene rings is 1. The number of hydrogen-bond donors (Lipinski definition) is 0. The van der Waals surface area contributed by atoms with Gasteiger partial charge in [0, 0.05) is 0 Å². The lowest BCUT2D eigenvalue weighted by Crippen LogP contribution is -2.19. The highest BCUT2D eigenvalue weighted by Crippen LogP contribution is 2.18. The zero-order valence-electron chi connectivity index (χ0n) is 16.4. The maximum atomic E-state index is 4.04. The second kappa shape index (κ2) is 16.3. The minimum atomic E-state index is 0.858. The van der Waals surface area contributed by atoms with Gasteiger partial charge in [-0.1, -0.05) is 105 Å². The van der Waals surface area contributed by atoms with Crippen molar-refractivity contribution in [2.24, 2.45) is 0 Å². The normalized spacial score (nSPS) is 8.91. The first-order valence-corrected chi connectivity index (χ1v) is 8.48. The quantitative estimate of drug-likeness (QED) is 0.566. The minimum absolute atomic E-state index is 0.858. The molecule has 0 saturated heterocycles. The fraction of sp³-hybridized carbons (Fsp3) is 0.304. The van der Waals surface area contributed by atoms with Crippen LogP contribution in [0.1, 0.15) is 59.6 Å². The van der Waals surface area contributed by atoms with Crippen molar-refractivity contribution in [3.63, 3.8) is 0 Å². The summed E-state index contributed by atoms with van der Waals surface area (Å²) in [6, 6.07) is 4.02. The van der Waals surface area contributed by atoms with Crippen LogP contribution in [0.4, 0.5) is 0 Å². The van der Waals surface area contributed by atoms with Crippen LogP contribution in [0.25, 0.3) is 23.8 Å². The van der Waals surface area contributed by atoms with Crippen LogP contribution in [0.3, 0.4) is 0 Å². The van der Waals surface area contributed by atoms with E-state index in [2.05, 4.69) is 32.9 Å². The summed E-state index contributed by atoms with van der Waals surface area (Å²) in [7, 11) is 0. The van der Waals surface area contributed by atoms with Gasteiger partial charge in [-0.15, -0.1) is 0 Å². The van der Waals surface area contributed by atoms with E-state index in [1.807, 2.05) is 66.7 Å². The van der Waals surface area contributed by atoms with E-state index in [0.29, 0.717) is 0 Å². The van der Waals surface area contributed by atoms with Gasteiger partial charge in [-0.3, -0.25) is 0 Å². The van der Waals surface area contributed by atoms with E-state index in [0.717, 1.165) is 32.7 Å². The molecule has 0 amide bonds. The number of allylic oxidation sites excluding steroid dienone is 4. The lowest BCUT2D eigenvalue weighted by Gasteiger charge is -2.12. The third-order valence-corrected chi connectivity index (χ3v) is 2.77. The average Bonchev–Trinajstić information content (AvgIpc) is 2.65. The van der Waals surface area contributed by atoms with E-state index in [-0.39, 0.29) is 0 Å². The Morgan fingerprint density at radius 2 is 1.17 bits per heavy atom. The Morgan fingerprint density at radius 1 is 0.783 bits per heavy atom. The first kappa shape index (κ1) is 25.9. The van der Waals surface area contributed by atoms with Crippen molar-refractivity contribution < 1.29 is 0 Å². The molecule has 0 aliphatic heterocycles. The van der Waals surface area contributed by atoms with Crippen molar-refractivity contribution in [1.29, 1.82) is 0 Å². The predicted molar refractivity (Wildman–Crippen MR) is 114 cm³/mol. The van der Waals surface area contributed by atoms with Gasteiger partial charge in [-0.05, 0) is 39.6 Å². The van der Waals surface area contributed by atoms with Crippen LogP contribution < -0.4 is 10.4 Å². The van der Waals surface area contributed by atoms with Crippen molar-refractivity contribution in [3.8, 4) is 0 Å². The molecule has 1 rings (SSSR count). The Morgan fingerprint density at radius 3 is 1.52 bits per heavy atom. The highest BCUT2D eigenvalue weighted by molar-refractivity contribution is 5.85. The average molecular weight is 313 g/mol. The van der Waals surface area contributed by atoms with Gasteiger partial charge in [-0.25, -0.2) is 0 Å². The van der Waals surface area contributed by atoms with Crippen molar-refractivity contribution >= 4 is 23.8 Å². The predicted octanol–water partition coefficient (Wildman–Crippen LogP) is 6.37. The number of rotatable bonds is 4. The third kappa shape index (κ3) is 7.65. The van der Waals surface area contributed by atoms with Crippen LogP contribution in [0.15, 0.2) is 50.6 Å². The molecule has 1 aromatic rings. The van der Waals surface area contributed by atoms with E-state index in [1.54, 1.807) is 12.2 Å². The fourth-order valence-corrected chi connectivity index (χ4v) is 1.82. The molecule has 23 heavy (non-hydrogen) atoms. The zero-order chi connectivity index (χ0) is 19.0. The van der Waals surface area contributed by atoms with Crippen molar-refractivity contribution in [3.05, 3.63) is 72.2 Å². The van der Waals surface area contributed by atoms with Crippen LogP contribution >= 0.6 is 0 Å². The van der Waals surface area contributed by atoms with E-state index in [4.69, 9.17) is 0 Å². The smallest absolute Gasteiger partial charge is 0.00367 e. The first-order chi connectivity index (χ1) is 11.1. The summed E-state index contributed by atoms with van der Waals surface area (Å²) in [4.78, 5) is 0. The monoisotopic (exact) mass is 312 g/mol. The van der Waals surface area contributed by atoms with E-state index in [9.17, 15) is 0 Å². The molecule has 128 valence electrons. The minimum Gasteiger partial charge on any atom is -0.0985 e. The molecule has 0 radical (unpaired) electrons. The Hall–Kier alpha value is -2.08. The number of hydrogen-bond acceptors (Lipinski definition) is 0. The summed E-state index contributed by atoms with van der Waals surface area (Å²) < 4.78 is 0. The first-order valence-electron chi connectivity index (χ1n) is 8.48. The molecule has 0 heterocycles. The van der Waals surface area contributed by atoms with Crippen LogP contribution in [0, 0.1) is 0 Å². The molecule has 0 aliphatic carbocycles. The molecule has 1 aromatic carbocycles. The molecule has 0 aliphatic rings. The van der Waals surface area contributed by atoms with Gasteiger partial charge < -0.3 is 0 Å². The Kier molecular flexibility index (Phi) is 18.3. The second-order valence-electron chi connectivity index (χ2n) is 3.81. The zero-order valence-corrected chi connectivity index (χ0v) is 16.4. The maximum absolute atomic E-state index is 4.04. The van der Waals surface area contributed by atoms with E-state index >= 15 is 0 Å². The van der Waals surface area contributed by atoms with Gasteiger partial charge in [0.15, 0.2) is 0 Å². The molecular weight excluding hydrogens is 276 g/mol. The van der Waals surface area contributed by atoms with Gasteiger partial charge in [0.25, 0.3) is 0 Å². The molecule has 0 atom stereocenters. The summed E-state index contributed by atoms with van der Waals surface area (Å²) in [5.41, 5.74) is 3.78. The van der Waals surface area contributed by atoms with Crippen molar-refractivity contribution in [1.82, 2.24) is 0 Å². The van der Waals surface area contributed by atoms with Crippen molar-refractivity contribution in [2.75, 3.05) is 0 Å². The van der Waals surface area contributed by atoms with Gasteiger partial charge in [-0.2, -0.15) is 0 Å². The fourth-order valence-electron chi connectivity index (χ4n) is 1.82. The maximum Gasteiger partial charge on any atom is -0.00367 e. The molecule has 0 spiro atoms. The van der Waals surface area contributed by atoms with Gasteiger partial charge in [0.1, 0.15) is 0 Å².